The van der Waals surface area contributed by atoms with Crippen LogP contribution >= 0.6 is 23.2 Å². The van der Waals surface area contributed by atoms with Crippen molar-refractivity contribution in [2.24, 2.45) is 5.73 Å². The fraction of sp³-hybridized carbons (Fsp3) is 0.440. The van der Waals surface area contributed by atoms with E-state index in [0.29, 0.717) is 47.6 Å². The molecule has 0 spiro atoms. The third-order valence-electron chi connectivity index (χ3n) is 6.89. The van der Waals surface area contributed by atoms with Crippen LogP contribution in [-0.2, 0) is 27.6 Å². The highest BCUT2D eigenvalue weighted by molar-refractivity contribution is 6.35. The van der Waals surface area contributed by atoms with Crippen LogP contribution in [0.1, 0.15) is 42.4 Å². The third-order valence-corrected chi connectivity index (χ3v) is 7.48. The summed E-state index contributed by atoms with van der Waals surface area (Å²) in [6, 6.07) is 5.95. The van der Waals surface area contributed by atoms with Gasteiger partial charge in [-0.2, -0.15) is 13.2 Å². The number of rotatable bonds is 6. The second-order valence-electron chi connectivity index (χ2n) is 9.40. The minimum atomic E-state index is -4.70. The number of piperidine rings is 1. The molecule has 2 aromatic rings. The van der Waals surface area contributed by atoms with E-state index in [2.05, 4.69) is 5.32 Å². The van der Waals surface area contributed by atoms with Crippen LogP contribution in [0.5, 0.6) is 0 Å². The maximum atomic E-state index is 14.7. The lowest BCUT2D eigenvalue weighted by atomic mass is 9.92. The number of amides is 2. The zero-order chi connectivity index (χ0) is 26.3. The molecule has 1 aliphatic heterocycles. The smallest absolute Gasteiger partial charge is 0.343 e. The molecule has 1 saturated carbocycles. The number of carbonyl (C=O) groups is 2. The molecule has 2 amide bonds. The SMILES string of the molecule is NC1CCN(C(=O)[C@H](Cc2ccc(Cl)cc2Cl)NC(=O)C2(c3ccc(C(F)(F)F)cc3F)CC2)CC1. The lowest BCUT2D eigenvalue weighted by Gasteiger charge is -2.34. The van der Waals surface area contributed by atoms with Crippen LogP contribution in [-0.4, -0.2) is 41.9 Å². The minimum Gasteiger partial charge on any atom is -0.343 e. The highest BCUT2D eigenvalue weighted by Crippen LogP contribution is 2.50. The first-order valence-corrected chi connectivity index (χ1v) is 12.3. The fourth-order valence-electron chi connectivity index (χ4n) is 4.57. The van der Waals surface area contributed by atoms with Crippen molar-refractivity contribution in [3.8, 4) is 0 Å². The lowest BCUT2D eigenvalue weighted by Crippen LogP contribution is -2.54. The molecule has 36 heavy (non-hydrogen) atoms. The Labute approximate surface area is 215 Å². The second-order valence-corrected chi connectivity index (χ2v) is 10.2. The molecule has 11 heteroatoms. The van der Waals surface area contributed by atoms with Crippen molar-refractivity contribution in [2.45, 2.75) is 55.8 Å². The first-order chi connectivity index (χ1) is 16.9. The number of nitrogens with two attached hydrogens (primary N) is 1. The van der Waals surface area contributed by atoms with Gasteiger partial charge in [-0.15, -0.1) is 0 Å². The van der Waals surface area contributed by atoms with E-state index < -0.39 is 34.9 Å². The number of hydrogen-bond acceptors (Lipinski definition) is 3. The molecule has 194 valence electrons. The summed E-state index contributed by atoms with van der Waals surface area (Å²) in [6.45, 7) is 0.860. The van der Waals surface area contributed by atoms with Crippen LogP contribution in [0.25, 0.3) is 0 Å². The molecule has 1 atom stereocenters. The molecule has 1 heterocycles. The zero-order valence-electron chi connectivity index (χ0n) is 19.2. The zero-order valence-corrected chi connectivity index (χ0v) is 20.7. The highest BCUT2D eigenvalue weighted by Gasteiger charge is 2.54. The number of nitrogens with zero attached hydrogens (tertiary/aromatic N) is 1. The van der Waals surface area contributed by atoms with E-state index in [4.69, 9.17) is 28.9 Å². The number of likely N-dealkylation sites (tertiary alicyclic amines) is 1. The molecule has 2 fully saturated rings. The van der Waals surface area contributed by atoms with Gasteiger partial charge < -0.3 is 16.0 Å². The molecular weight excluding hydrogens is 521 g/mol. The molecule has 2 aromatic carbocycles. The quantitative estimate of drug-likeness (QED) is 0.509. The minimum absolute atomic E-state index is 0.00909. The Morgan fingerprint density at radius 3 is 2.33 bits per heavy atom. The Kier molecular flexibility index (Phi) is 7.55. The van der Waals surface area contributed by atoms with Crippen molar-refractivity contribution >= 4 is 35.0 Å². The molecule has 0 radical (unpaired) electrons. The van der Waals surface area contributed by atoms with E-state index in [1.807, 2.05) is 0 Å². The van der Waals surface area contributed by atoms with Gasteiger partial charge in [0.1, 0.15) is 11.9 Å². The van der Waals surface area contributed by atoms with Gasteiger partial charge in [-0.05, 0) is 55.5 Å². The summed E-state index contributed by atoms with van der Waals surface area (Å²) in [5.74, 6) is -2.05. The largest absolute Gasteiger partial charge is 0.416 e. The first-order valence-electron chi connectivity index (χ1n) is 11.6. The van der Waals surface area contributed by atoms with E-state index in [-0.39, 0.29) is 36.8 Å². The van der Waals surface area contributed by atoms with Crippen LogP contribution in [0.3, 0.4) is 0 Å². The van der Waals surface area contributed by atoms with E-state index >= 15 is 0 Å². The van der Waals surface area contributed by atoms with Gasteiger partial charge in [-0.25, -0.2) is 4.39 Å². The third kappa shape index (κ3) is 5.63. The Hall–Kier alpha value is -2.36. The molecule has 5 nitrogen and oxygen atoms in total. The molecular formula is C25H25Cl2F4N3O2. The van der Waals surface area contributed by atoms with E-state index in [9.17, 15) is 27.2 Å². The van der Waals surface area contributed by atoms with Crippen LogP contribution in [0.2, 0.25) is 10.0 Å². The van der Waals surface area contributed by atoms with Gasteiger partial charge in [0.15, 0.2) is 0 Å². The summed E-state index contributed by atoms with van der Waals surface area (Å²) in [5.41, 5.74) is 3.95. The van der Waals surface area contributed by atoms with Crippen molar-refractivity contribution in [3.63, 3.8) is 0 Å². The average Bonchev–Trinajstić information content (AvgIpc) is 3.61. The van der Waals surface area contributed by atoms with Crippen molar-refractivity contribution < 1.29 is 27.2 Å². The molecule has 1 aliphatic carbocycles. The van der Waals surface area contributed by atoms with Gasteiger partial charge in [0.25, 0.3) is 0 Å². The highest BCUT2D eigenvalue weighted by atomic mass is 35.5. The molecule has 1 saturated heterocycles. The van der Waals surface area contributed by atoms with Crippen molar-refractivity contribution in [2.75, 3.05) is 13.1 Å². The van der Waals surface area contributed by atoms with Crippen LogP contribution in [0, 0.1) is 5.82 Å². The normalized spacial score (nSPS) is 18.6. The van der Waals surface area contributed by atoms with Gasteiger partial charge in [-0.3, -0.25) is 9.59 Å². The molecule has 0 bridgehead atoms. The predicted octanol–water partition coefficient (Wildman–Crippen LogP) is 4.86. The van der Waals surface area contributed by atoms with Crippen molar-refractivity contribution in [1.29, 1.82) is 0 Å². The van der Waals surface area contributed by atoms with Gasteiger partial charge in [0.05, 0.1) is 11.0 Å². The van der Waals surface area contributed by atoms with E-state index in [1.54, 1.807) is 17.0 Å². The Morgan fingerprint density at radius 1 is 1.11 bits per heavy atom. The average molecular weight is 546 g/mol. The number of benzene rings is 2. The monoisotopic (exact) mass is 545 g/mol. The summed E-state index contributed by atoms with van der Waals surface area (Å²) in [5, 5.41) is 3.48. The summed E-state index contributed by atoms with van der Waals surface area (Å²) >= 11 is 12.3. The van der Waals surface area contributed by atoms with Crippen LogP contribution in [0.15, 0.2) is 36.4 Å². The first kappa shape index (κ1) is 26.7. The maximum absolute atomic E-state index is 14.7. The maximum Gasteiger partial charge on any atom is 0.416 e. The summed E-state index contributed by atoms with van der Waals surface area (Å²) < 4.78 is 53.7. The standard InChI is InChI=1S/C25H25Cl2F4N3O2/c26-16-3-1-14(19(27)13-16)11-21(22(35)34-9-5-17(32)6-10-34)33-23(36)24(7-8-24)18-4-2-15(12-20(18)28)25(29,30)31/h1-4,12-13,17,21H,5-11,32H2,(H,33,36)/t21-/m0/s1. The number of carbonyl (C=O) groups excluding carboxylic acids is 2. The van der Waals surface area contributed by atoms with Crippen LogP contribution in [0.4, 0.5) is 17.6 Å². The molecule has 0 unspecified atom stereocenters. The van der Waals surface area contributed by atoms with Gasteiger partial charge >= 0.3 is 6.18 Å². The van der Waals surface area contributed by atoms with Crippen molar-refractivity contribution in [3.05, 3.63) is 69.0 Å². The predicted molar refractivity (Wildman–Crippen MR) is 128 cm³/mol. The van der Waals surface area contributed by atoms with E-state index in [0.717, 1.165) is 12.1 Å². The van der Waals surface area contributed by atoms with Gasteiger partial charge in [-0.1, -0.05) is 35.3 Å². The lowest BCUT2D eigenvalue weighted by molar-refractivity contribution is -0.138. The number of nitrogens with one attached hydrogen (secondary N) is 1. The fourth-order valence-corrected chi connectivity index (χ4v) is 5.05. The van der Waals surface area contributed by atoms with Gasteiger partial charge in [0.2, 0.25) is 11.8 Å². The second kappa shape index (κ2) is 10.2. The van der Waals surface area contributed by atoms with Gasteiger partial charge in [0, 0.05) is 41.2 Å². The summed E-state index contributed by atoms with van der Waals surface area (Å²) in [4.78, 5) is 28.4. The number of alkyl halides is 3. The number of halogens is 6. The Morgan fingerprint density at radius 2 is 1.78 bits per heavy atom. The summed E-state index contributed by atoms with van der Waals surface area (Å²) in [7, 11) is 0. The van der Waals surface area contributed by atoms with Crippen molar-refractivity contribution in [1.82, 2.24) is 10.2 Å². The summed E-state index contributed by atoms with van der Waals surface area (Å²) in [6.07, 6.45) is -2.90. The molecule has 4 rings (SSSR count). The van der Waals surface area contributed by atoms with E-state index in [1.165, 1.54) is 6.07 Å². The number of hydrogen-bond donors (Lipinski definition) is 2. The Bertz CT molecular complexity index is 1160. The molecule has 0 aromatic heterocycles. The molecule has 3 N–H and O–H groups in total. The van der Waals surface area contributed by atoms with Crippen LogP contribution < -0.4 is 11.1 Å². The topological polar surface area (TPSA) is 75.4 Å². The Balaban J connectivity index is 1.59. The molecule has 2 aliphatic rings.